The first-order chi connectivity index (χ1) is 14.1. The zero-order valence-corrected chi connectivity index (χ0v) is 17.3. The molecule has 0 atom stereocenters. The lowest BCUT2D eigenvalue weighted by atomic mass is 10.1. The summed E-state index contributed by atoms with van der Waals surface area (Å²) in [5, 5.41) is 6.65. The Bertz CT molecular complexity index is 932. The molecule has 0 aliphatic heterocycles. The van der Waals surface area contributed by atoms with E-state index in [9.17, 15) is 0 Å². The van der Waals surface area contributed by atoms with Crippen molar-refractivity contribution in [3.05, 3.63) is 54.6 Å². The monoisotopic (exact) mass is 393 g/mol. The quantitative estimate of drug-likeness (QED) is 0.572. The summed E-state index contributed by atoms with van der Waals surface area (Å²) in [6, 6.07) is 17.5. The maximum absolute atomic E-state index is 5.46. The van der Waals surface area contributed by atoms with Gasteiger partial charge in [-0.25, -0.2) is 4.98 Å². The van der Waals surface area contributed by atoms with Crippen LogP contribution >= 0.6 is 0 Å². The van der Waals surface area contributed by atoms with Crippen molar-refractivity contribution in [2.45, 2.75) is 0 Å². The average Bonchev–Trinajstić information content (AvgIpc) is 2.74. The lowest BCUT2D eigenvalue weighted by molar-refractivity contribution is 0.405. The predicted molar refractivity (Wildman–Crippen MR) is 117 cm³/mol. The Morgan fingerprint density at radius 3 is 2.41 bits per heavy atom. The average molecular weight is 393 g/mol. The molecule has 2 N–H and O–H groups in total. The van der Waals surface area contributed by atoms with Gasteiger partial charge in [0.15, 0.2) is 0 Å². The van der Waals surface area contributed by atoms with Crippen molar-refractivity contribution in [2.24, 2.45) is 0 Å². The van der Waals surface area contributed by atoms with Crippen LogP contribution in [0.5, 0.6) is 11.5 Å². The second-order valence-electron chi connectivity index (χ2n) is 6.75. The molecule has 3 aromatic rings. The first kappa shape index (κ1) is 20.4. The highest BCUT2D eigenvalue weighted by Crippen LogP contribution is 2.31. The fourth-order valence-corrected chi connectivity index (χ4v) is 2.79. The molecule has 0 saturated heterocycles. The van der Waals surface area contributed by atoms with E-state index in [0.29, 0.717) is 11.7 Å². The summed E-state index contributed by atoms with van der Waals surface area (Å²) in [6.45, 7) is 1.68. The number of nitrogens with zero attached hydrogens (tertiary/aromatic N) is 3. The largest absolute Gasteiger partial charge is 0.497 e. The van der Waals surface area contributed by atoms with Gasteiger partial charge in [-0.2, -0.15) is 4.98 Å². The van der Waals surface area contributed by atoms with Crippen molar-refractivity contribution in [3.63, 3.8) is 0 Å². The van der Waals surface area contributed by atoms with Gasteiger partial charge in [0.1, 0.15) is 17.3 Å². The van der Waals surface area contributed by atoms with Crippen molar-refractivity contribution < 1.29 is 9.47 Å². The summed E-state index contributed by atoms with van der Waals surface area (Å²) in [4.78, 5) is 11.5. The van der Waals surface area contributed by atoms with Gasteiger partial charge in [0, 0.05) is 30.8 Å². The van der Waals surface area contributed by atoms with Gasteiger partial charge in [-0.1, -0.05) is 30.3 Å². The lowest BCUT2D eigenvalue weighted by Gasteiger charge is -2.15. The van der Waals surface area contributed by atoms with Crippen LogP contribution in [0.2, 0.25) is 0 Å². The molecule has 1 heterocycles. The van der Waals surface area contributed by atoms with Gasteiger partial charge in [0.05, 0.1) is 25.6 Å². The van der Waals surface area contributed by atoms with Crippen LogP contribution in [0, 0.1) is 0 Å². The van der Waals surface area contributed by atoms with Crippen molar-refractivity contribution >= 4 is 17.5 Å². The van der Waals surface area contributed by atoms with Crippen molar-refractivity contribution in [3.8, 4) is 22.8 Å². The number of aromatic nitrogens is 2. The van der Waals surface area contributed by atoms with E-state index >= 15 is 0 Å². The molecule has 0 fully saturated rings. The molecule has 0 radical (unpaired) electrons. The third-order valence-electron chi connectivity index (χ3n) is 4.31. The summed E-state index contributed by atoms with van der Waals surface area (Å²) in [5.74, 6) is 2.63. The molecule has 2 aromatic carbocycles. The van der Waals surface area contributed by atoms with Crippen LogP contribution < -0.4 is 20.1 Å². The number of ether oxygens (including phenoxy) is 2. The molecule has 7 heteroatoms. The highest BCUT2D eigenvalue weighted by molar-refractivity contribution is 5.69. The standard InChI is InChI=1S/C22H27N5O2/c1-27(2)13-12-23-21-15-18(16-8-6-5-7-9-16)24-22(26-21)25-19-14-17(28-3)10-11-20(19)29-4/h5-11,14-15H,12-13H2,1-4H3,(H2,23,24,25,26). The highest BCUT2D eigenvalue weighted by atomic mass is 16.5. The summed E-state index contributed by atoms with van der Waals surface area (Å²) in [5.41, 5.74) is 2.58. The molecule has 0 spiro atoms. The molecule has 29 heavy (non-hydrogen) atoms. The Hall–Kier alpha value is -3.32. The van der Waals surface area contributed by atoms with Gasteiger partial charge in [0.25, 0.3) is 0 Å². The van der Waals surface area contributed by atoms with Gasteiger partial charge in [-0.05, 0) is 26.2 Å². The van der Waals surface area contributed by atoms with Gasteiger partial charge in [-0.15, -0.1) is 0 Å². The Kier molecular flexibility index (Phi) is 6.86. The molecule has 0 aliphatic carbocycles. The molecule has 152 valence electrons. The topological polar surface area (TPSA) is 71.5 Å². The normalized spacial score (nSPS) is 10.7. The Labute approximate surface area is 171 Å². The fourth-order valence-electron chi connectivity index (χ4n) is 2.79. The minimum Gasteiger partial charge on any atom is -0.497 e. The van der Waals surface area contributed by atoms with E-state index in [-0.39, 0.29) is 0 Å². The molecule has 0 saturated carbocycles. The number of methoxy groups -OCH3 is 2. The number of rotatable bonds is 9. The van der Waals surface area contributed by atoms with Crippen LogP contribution in [0.25, 0.3) is 11.3 Å². The van der Waals surface area contributed by atoms with Crippen LogP contribution in [0.3, 0.4) is 0 Å². The fraction of sp³-hybridized carbons (Fsp3) is 0.273. The number of anilines is 3. The molecular weight excluding hydrogens is 366 g/mol. The van der Waals surface area contributed by atoms with E-state index in [4.69, 9.17) is 14.5 Å². The minimum atomic E-state index is 0.477. The predicted octanol–water partition coefficient (Wildman–Crippen LogP) is 3.88. The van der Waals surface area contributed by atoms with Crippen LogP contribution in [0.1, 0.15) is 0 Å². The van der Waals surface area contributed by atoms with E-state index in [2.05, 4.69) is 20.5 Å². The van der Waals surface area contributed by atoms with Crippen LogP contribution in [0.4, 0.5) is 17.5 Å². The lowest BCUT2D eigenvalue weighted by Crippen LogP contribution is -2.21. The number of nitrogens with one attached hydrogen (secondary N) is 2. The summed E-state index contributed by atoms with van der Waals surface area (Å²) >= 11 is 0. The van der Waals surface area contributed by atoms with Gasteiger partial charge in [0.2, 0.25) is 5.95 Å². The minimum absolute atomic E-state index is 0.477. The van der Waals surface area contributed by atoms with Crippen LogP contribution in [0.15, 0.2) is 54.6 Å². The number of hydrogen-bond acceptors (Lipinski definition) is 7. The van der Waals surface area contributed by atoms with E-state index in [1.54, 1.807) is 14.2 Å². The summed E-state index contributed by atoms with van der Waals surface area (Å²) in [7, 11) is 7.34. The van der Waals surface area contributed by atoms with Gasteiger partial charge >= 0.3 is 0 Å². The van der Waals surface area contributed by atoms with E-state index in [0.717, 1.165) is 41.6 Å². The SMILES string of the molecule is COc1ccc(OC)c(Nc2nc(NCCN(C)C)cc(-c3ccccc3)n2)c1. The van der Waals surface area contributed by atoms with Gasteiger partial charge in [-0.3, -0.25) is 0 Å². The summed E-state index contributed by atoms with van der Waals surface area (Å²) in [6.07, 6.45) is 0. The molecule has 3 rings (SSSR count). The zero-order valence-electron chi connectivity index (χ0n) is 17.3. The first-order valence-electron chi connectivity index (χ1n) is 9.41. The van der Waals surface area contributed by atoms with Gasteiger partial charge < -0.3 is 25.0 Å². The first-order valence-corrected chi connectivity index (χ1v) is 9.41. The third kappa shape index (κ3) is 5.58. The molecule has 1 aromatic heterocycles. The molecular formula is C22H27N5O2. The maximum atomic E-state index is 5.46. The third-order valence-corrected chi connectivity index (χ3v) is 4.31. The highest BCUT2D eigenvalue weighted by Gasteiger charge is 2.11. The van der Waals surface area contributed by atoms with E-state index in [1.165, 1.54) is 0 Å². The Balaban J connectivity index is 1.94. The molecule has 7 nitrogen and oxygen atoms in total. The maximum Gasteiger partial charge on any atom is 0.229 e. The molecule has 0 unspecified atom stereocenters. The molecule has 0 aliphatic rings. The zero-order chi connectivity index (χ0) is 20.6. The van der Waals surface area contributed by atoms with Crippen molar-refractivity contribution in [2.75, 3.05) is 52.0 Å². The number of benzene rings is 2. The van der Waals surface area contributed by atoms with Crippen molar-refractivity contribution in [1.29, 1.82) is 0 Å². The van der Waals surface area contributed by atoms with Crippen LogP contribution in [-0.2, 0) is 0 Å². The Morgan fingerprint density at radius 2 is 1.72 bits per heavy atom. The Morgan fingerprint density at radius 1 is 0.931 bits per heavy atom. The number of hydrogen-bond donors (Lipinski definition) is 2. The summed E-state index contributed by atoms with van der Waals surface area (Å²) < 4.78 is 10.8. The molecule has 0 bridgehead atoms. The van der Waals surface area contributed by atoms with E-state index < -0.39 is 0 Å². The van der Waals surface area contributed by atoms with E-state index in [1.807, 2.05) is 68.7 Å². The smallest absolute Gasteiger partial charge is 0.229 e. The number of likely N-dealkylation sites (N-methyl/N-ethyl adjacent to an activating group) is 1. The van der Waals surface area contributed by atoms with Crippen LogP contribution in [-0.4, -0.2) is 56.3 Å². The second kappa shape index (κ2) is 9.75. The van der Waals surface area contributed by atoms with Crippen molar-refractivity contribution in [1.82, 2.24) is 14.9 Å². The molecule has 0 amide bonds. The second-order valence-corrected chi connectivity index (χ2v) is 6.75.